The maximum atomic E-state index is 13.6. The summed E-state index contributed by atoms with van der Waals surface area (Å²) in [6.45, 7) is 1.57. The van der Waals surface area contributed by atoms with Crippen LogP contribution < -0.4 is 10.5 Å². The van der Waals surface area contributed by atoms with Crippen LogP contribution in [0.5, 0.6) is 0 Å². The van der Waals surface area contributed by atoms with Gasteiger partial charge in [-0.05, 0) is 36.8 Å². The van der Waals surface area contributed by atoms with E-state index in [-0.39, 0.29) is 16.3 Å². The van der Waals surface area contributed by atoms with Crippen molar-refractivity contribution < 1.29 is 17.2 Å². The van der Waals surface area contributed by atoms with Crippen LogP contribution in [0.25, 0.3) is 0 Å². The molecule has 0 heterocycles. The van der Waals surface area contributed by atoms with Gasteiger partial charge < -0.3 is 5.73 Å². The number of sulfonamides is 1. The minimum absolute atomic E-state index is 0.143. The highest BCUT2D eigenvalue weighted by molar-refractivity contribution is 7.92. The van der Waals surface area contributed by atoms with Gasteiger partial charge in [-0.15, -0.1) is 0 Å². The number of nitrogen functional groups attached to an aromatic ring is 1. The summed E-state index contributed by atoms with van der Waals surface area (Å²) in [6.07, 6.45) is 0. The number of halogens is 2. The smallest absolute Gasteiger partial charge is 0.262 e. The van der Waals surface area contributed by atoms with Gasteiger partial charge in [-0.2, -0.15) is 0 Å². The monoisotopic (exact) mass is 298 g/mol. The van der Waals surface area contributed by atoms with Crippen molar-refractivity contribution in [2.75, 3.05) is 10.5 Å². The number of rotatable bonds is 3. The van der Waals surface area contributed by atoms with E-state index in [9.17, 15) is 17.2 Å². The van der Waals surface area contributed by atoms with Gasteiger partial charge in [-0.25, -0.2) is 17.2 Å². The Balaban J connectivity index is 2.43. The minimum Gasteiger partial charge on any atom is -0.396 e. The summed E-state index contributed by atoms with van der Waals surface area (Å²) >= 11 is 0. The maximum absolute atomic E-state index is 13.6. The zero-order valence-corrected chi connectivity index (χ0v) is 11.3. The third-order valence-electron chi connectivity index (χ3n) is 2.74. The quantitative estimate of drug-likeness (QED) is 0.856. The van der Waals surface area contributed by atoms with Crippen molar-refractivity contribution in [3.05, 3.63) is 53.6 Å². The van der Waals surface area contributed by atoms with Crippen molar-refractivity contribution in [1.82, 2.24) is 0 Å². The highest BCUT2D eigenvalue weighted by Gasteiger charge is 2.18. The fourth-order valence-electron chi connectivity index (χ4n) is 1.64. The van der Waals surface area contributed by atoms with Gasteiger partial charge in [0.05, 0.1) is 16.3 Å². The lowest BCUT2D eigenvalue weighted by Gasteiger charge is -2.11. The third kappa shape index (κ3) is 2.72. The Labute approximate surface area is 115 Å². The number of para-hydroxylation sites is 1. The molecule has 2 aromatic carbocycles. The second-order valence-corrected chi connectivity index (χ2v) is 5.90. The summed E-state index contributed by atoms with van der Waals surface area (Å²) in [5.41, 5.74) is 5.33. The average Bonchev–Trinajstić information content (AvgIpc) is 2.37. The molecule has 0 bridgehead atoms. The van der Waals surface area contributed by atoms with Gasteiger partial charge in [0.2, 0.25) is 0 Å². The molecule has 0 aliphatic carbocycles. The van der Waals surface area contributed by atoms with Crippen molar-refractivity contribution >= 4 is 21.4 Å². The molecule has 20 heavy (non-hydrogen) atoms. The highest BCUT2D eigenvalue weighted by atomic mass is 32.2. The number of benzene rings is 2. The number of hydrogen-bond donors (Lipinski definition) is 2. The summed E-state index contributed by atoms with van der Waals surface area (Å²) in [5.74, 6) is -1.41. The fourth-order valence-corrected chi connectivity index (χ4v) is 2.82. The first kappa shape index (κ1) is 14.3. The van der Waals surface area contributed by atoms with Crippen LogP contribution in [0.3, 0.4) is 0 Å². The lowest BCUT2D eigenvalue weighted by molar-refractivity contribution is 0.597. The lowest BCUT2D eigenvalue weighted by atomic mass is 10.2. The van der Waals surface area contributed by atoms with Gasteiger partial charge in [0.1, 0.15) is 11.6 Å². The summed E-state index contributed by atoms with van der Waals surface area (Å²) in [5, 5.41) is 0. The van der Waals surface area contributed by atoms with E-state index in [1.807, 2.05) is 0 Å². The molecule has 2 rings (SSSR count). The van der Waals surface area contributed by atoms with Gasteiger partial charge >= 0.3 is 0 Å². The van der Waals surface area contributed by atoms with Crippen LogP contribution in [0.2, 0.25) is 0 Å². The first-order chi connectivity index (χ1) is 9.31. The van der Waals surface area contributed by atoms with E-state index >= 15 is 0 Å². The number of nitrogens with one attached hydrogen (secondary N) is 1. The SMILES string of the molecule is Cc1cccc(F)c1NS(=O)(=O)c1ccc(F)c(N)c1. The third-order valence-corrected chi connectivity index (χ3v) is 4.08. The second kappa shape index (κ2) is 5.09. The molecule has 0 spiro atoms. The fraction of sp³-hybridized carbons (Fsp3) is 0.0769. The molecule has 0 unspecified atom stereocenters. The Morgan fingerprint density at radius 3 is 2.40 bits per heavy atom. The van der Waals surface area contributed by atoms with Crippen LogP contribution in [-0.2, 0) is 10.0 Å². The number of anilines is 2. The van der Waals surface area contributed by atoms with Gasteiger partial charge in [-0.3, -0.25) is 4.72 Å². The van der Waals surface area contributed by atoms with Gasteiger partial charge in [-0.1, -0.05) is 12.1 Å². The standard InChI is InChI=1S/C13H12F2N2O2S/c1-8-3-2-4-11(15)13(8)17-20(18,19)9-5-6-10(14)12(16)7-9/h2-7,17H,16H2,1H3. The molecule has 106 valence electrons. The summed E-state index contributed by atoms with van der Waals surface area (Å²) in [6, 6.07) is 7.17. The van der Waals surface area contributed by atoms with E-state index in [1.54, 1.807) is 13.0 Å². The predicted octanol–water partition coefficient (Wildman–Crippen LogP) is 2.66. The largest absolute Gasteiger partial charge is 0.396 e. The Morgan fingerprint density at radius 1 is 1.10 bits per heavy atom. The first-order valence-electron chi connectivity index (χ1n) is 5.64. The molecule has 3 N–H and O–H groups in total. The topological polar surface area (TPSA) is 72.2 Å². The summed E-state index contributed by atoms with van der Waals surface area (Å²) in [7, 11) is -4.03. The van der Waals surface area contributed by atoms with Gasteiger partial charge in [0.15, 0.2) is 0 Å². The molecule has 0 saturated carbocycles. The molecule has 7 heteroatoms. The Morgan fingerprint density at radius 2 is 1.80 bits per heavy atom. The molecule has 0 amide bonds. The molecule has 0 aromatic heterocycles. The number of nitrogens with two attached hydrogens (primary N) is 1. The lowest BCUT2D eigenvalue weighted by Crippen LogP contribution is -2.15. The Kier molecular flexibility index (Phi) is 3.63. The van der Waals surface area contributed by atoms with Crippen LogP contribution in [0.1, 0.15) is 5.56 Å². The van der Waals surface area contributed by atoms with Crippen LogP contribution in [0.4, 0.5) is 20.2 Å². The molecule has 0 saturated heterocycles. The summed E-state index contributed by atoms with van der Waals surface area (Å²) in [4.78, 5) is -0.237. The number of hydrogen-bond acceptors (Lipinski definition) is 3. The Hall–Kier alpha value is -2.15. The van der Waals surface area contributed by atoms with Crippen molar-refractivity contribution in [3.8, 4) is 0 Å². The summed E-state index contributed by atoms with van der Waals surface area (Å²) < 4.78 is 53.0. The van der Waals surface area contributed by atoms with E-state index in [0.717, 1.165) is 24.3 Å². The second-order valence-electron chi connectivity index (χ2n) is 4.22. The molecule has 0 aliphatic heterocycles. The van der Waals surface area contributed by atoms with Gasteiger partial charge in [0, 0.05) is 0 Å². The molecule has 0 atom stereocenters. The predicted molar refractivity (Wildman–Crippen MR) is 72.8 cm³/mol. The van der Waals surface area contributed by atoms with Crippen molar-refractivity contribution in [3.63, 3.8) is 0 Å². The molecular formula is C13H12F2N2O2S. The van der Waals surface area contributed by atoms with Crippen molar-refractivity contribution in [2.24, 2.45) is 0 Å². The average molecular weight is 298 g/mol. The molecule has 0 aliphatic rings. The van der Waals surface area contributed by atoms with Crippen LogP contribution >= 0.6 is 0 Å². The number of aryl methyl sites for hydroxylation is 1. The molecule has 0 radical (unpaired) electrons. The maximum Gasteiger partial charge on any atom is 0.262 e. The van der Waals surface area contributed by atoms with E-state index in [4.69, 9.17) is 5.73 Å². The molecule has 4 nitrogen and oxygen atoms in total. The van der Waals surface area contributed by atoms with E-state index in [0.29, 0.717) is 5.56 Å². The van der Waals surface area contributed by atoms with Crippen LogP contribution in [0.15, 0.2) is 41.3 Å². The van der Waals surface area contributed by atoms with Crippen molar-refractivity contribution in [1.29, 1.82) is 0 Å². The zero-order valence-electron chi connectivity index (χ0n) is 10.5. The molecule has 0 fully saturated rings. The minimum atomic E-state index is -4.03. The first-order valence-corrected chi connectivity index (χ1v) is 7.12. The normalized spacial score (nSPS) is 11.3. The zero-order chi connectivity index (χ0) is 14.9. The van der Waals surface area contributed by atoms with E-state index in [1.165, 1.54) is 6.07 Å². The van der Waals surface area contributed by atoms with Crippen LogP contribution in [-0.4, -0.2) is 8.42 Å². The van der Waals surface area contributed by atoms with E-state index in [2.05, 4.69) is 4.72 Å². The van der Waals surface area contributed by atoms with Gasteiger partial charge in [0.25, 0.3) is 10.0 Å². The molecule has 2 aromatic rings. The van der Waals surface area contributed by atoms with Crippen LogP contribution in [0, 0.1) is 18.6 Å². The molecular weight excluding hydrogens is 286 g/mol. The Bertz CT molecular complexity index is 741. The highest BCUT2D eigenvalue weighted by Crippen LogP contribution is 2.24. The van der Waals surface area contributed by atoms with Crippen molar-refractivity contribution in [2.45, 2.75) is 11.8 Å². The van der Waals surface area contributed by atoms with E-state index < -0.39 is 21.7 Å².